The minimum atomic E-state index is 0.995. The van der Waals surface area contributed by atoms with Crippen LogP contribution in [0.3, 0.4) is 0 Å². The summed E-state index contributed by atoms with van der Waals surface area (Å²) in [6, 6.07) is 0. The Morgan fingerprint density at radius 1 is 0.200 bits per heavy atom. The summed E-state index contributed by atoms with van der Waals surface area (Å²) in [5.41, 5.74) is 0. The van der Waals surface area contributed by atoms with Gasteiger partial charge in [0.2, 0.25) is 0 Å². The van der Waals surface area contributed by atoms with Gasteiger partial charge in [-0.05, 0) is 12.8 Å². The van der Waals surface area contributed by atoms with Crippen LogP contribution in [0.5, 0.6) is 0 Å². The van der Waals surface area contributed by atoms with Crippen LogP contribution >= 0.6 is 0 Å². The van der Waals surface area contributed by atoms with Crippen molar-refractivity contribution in [3.8, 4) is 0 Å². The van der Waals surface area contributed by atoms with Crippen molar-refractivity contribution in [2.75, 3.05) is 13.2 Å². The highest BCUT2D eigenvalue weighted by Gasteiger charge is 1.97. The van der Waals surface area contributed by atoms with E-state index in [0.29, 0.717) is 0 Å². The second-order valence-corrected chi connectivity index (χ2v) is 13.3. The predicted molar refractivity (Wildman–Crippen MR) is 184 cm³/mol. The van der Waals surface area contributed by atoms with Gasteiger partial charge in [0.15, 0.2) is 0 Å². The first kappa shape index (κ1) is 40.0. The van der Waals surface area contributed by atoms with Crippen molar-refractivity contribution >= 4 is 0 Å². The van der Waals surface area contributed by atoms with Gasteiger partial charge in [0, 0.05) is 13.2 Å². The van der Waals surface area contributed by atoms with E-state index < -0.39 is 0 Å². The molecule has 0 heterocycles. The first-order valence-corrected chi connectivity index (χ1v) is 19.5. The third kappa shape index (κ3) is 38.0. The number of hydrogen-bond donors (Lipinski definition) is 0. The molecule has 0 saturated heterocycles. The molecule has 1 heteroatoms. The van der Waals surface area contributed by atoms with E-state index in [9.17, 15) is 0 Å². The van der Waals surface area contributed by atoms with Crippen molar-refractivity contribution < 1.29 is 4.74 Å². The van der Waals surface area contributed by atoms with Crippen molar-refractivity contribution in [3.63, 3.8) is 0 Å². The quantitative estimate of drug-likeness (QED) is 0.0682. The molecule has 40 heavy (non-hydrogen) atoms. The lowest BCUT2D eigenvalue weighted by molar-refractivity contribution is 0.125. The average molecular weight is 565 g/mol. The molecule has 0 bridgehead atoms. The molecule has 0 N–H and O–H groups in total. The maximum Gasteiger partial charge on any atom is 0.0466 e. The Hall–Kier alpha value is -0.0400. The van der Waals surface area contributed by atoms with Gasteiger partial charge < -0.3 is 4.74 Å². The van der Waals surface area contributed by atoms with E-state index in [2.05, 4.69) is 13.8 Å². The summed E-state index contributed by atoms with van der Waals surface area (Å²) in [4.78, 5) is 0. The van der Waals surface area contributed by atoms with Crippen molar-refractivity contribution in [2.45, 2.75) is 239 Å². The van der Waals surface area contributed by atoms with Crippen LogP contribution in [-0.2, 0) is 4.74 Å². The van der Waals surface area contributed by atoms with E-state index in [-0.39, 0.29) is 0 Å². The Balaban J connectivity index is 3.01. The van der Waals surface area contributed by atoms with Crippen LogP contribution < -0.4 is 0 Å². The van der Waals surface area contributed by atoms with Crippen LogP contribution in [0.1, 0.15) is 239 Å². The summed E-state index contributed by atoms with van der Waals surface area (Å²) in [6.45, 7) is 6.60. The normalized spacial score (nSPS) is 11.6. The van der Waals surface area contributed by atoms with E-state index in [1.54, 1.807) is 0 Å². The Morgan fingerprint density at radius 2 is 0.350 bits per heavy atom. The van der Waals surface area contributed by atoms with Crippen LogP contribution in [0.15, 0.2) is 0 Å². The molecule has 0 aliphatic carbocycles. The molecule has 0 fully saturated rings. The molecule has 0 aromatic heterocycles. The molecule has 0 atom stereocenters. The van der Waals surface area contributed by atoms with Gasteiger partial charge in [0.05, 0.1) is 0 Å². The Morgan fingerprint density at radius 3 is 0.525 bits per heavy atom. The average Bonchev–Trinajstić information content (AvgIpc) is 2.97. The van der Waals surface area contributed by atoms with Gasteiger partial charge in [-0.3, -0.25) is 0 Å². The number of unbranched alkanes of at least 4 members (excludes halogenated alkanes) is 33. The highest BCUT2D eigenvalue weighted by molar-refractivity contribution is 4.52. The summed E-state index contributed by atoms with van der Waals surface area (Å²) >= 11 is 0. The van der Waals surface area contributed by atoms with E-state index >= 15 is 0 Å². The van der Waals surface area contributed by atoms with Gasteiger partial charge >= 0.3 is 0 Å². The van der Waals surface area contributed by atoms with Crippen LogP contribution in [0.4, 0.5) is 0 Å². The zero-order valence-corrected chi connectivity index (χ0v) is 28.6. The second kappa shape index (κ2) is 39.0. The van der Waals surface area contributed by atoms with Crippen molar-refractivity contribution in [3.05, 3.63) is 0 Å². The van der Waals surface area contributed by atoms with Crippen LogP contribution in [-0.4, -0.2) is 13.2 Å². The molecular weight excluding hydrogens is 484 g/mol. The first-order chi connectivity index (χ1) is 19.9. The second-order valence-electron chi connectivity index (χ2n) is 13.3. The monoisotopic (exact) mass is 565 g/mol. The number of hydrogen-bond acceptors (Lipinski definition) is 1. The molecule has 0 radical (unpaired) electrons. The minimum absolute atomic E-state index is 0.995. The Kier molecular flexibility index (Phi) is 38.9. The van der Waals surface area contributed by atoms with E-state index in [1.165, 1.54) is 225 Å². The van der Waals surface area contributed by atoms with Crippen molar-refractivity contribution in [1.82, 2.24) is 0 Å². The fourth-order valence-corrected chi connectivity index (χ4v) is 6.14. The van der Waals surface area contributed by atoms with Crippen molar-refractivity contribution in [2.24, 2.45) is 0 Å². The fourth-order valence-electron chi connectivity index (χ4n) is 6.14. The highest BCUT2D eigenvalue weighted by Crippen LogP contribution is 2.16. The van der Waals surface area contributed by atoms with E-state index in [1.807, 2.05) is 0 Å². The van der Waals surface area contributed by atoms with Crippen LogP contribution in [0.25, 0.3) is 0 Å². The molecule has 0 aromatic rings. The molecule has 1 nitrogen and oxygen atoms in total. The summed E-state index contributed by atoms with van der Waals surface area (Å²) < 4.78 is 5.85. The van der Waals surface area contributed by atoms with Crippen LogP contribution in [0.2, 0.25) is 0 Å². The molecule has 0 spiro atoms. The maximum absolute atomic E-state index is 5.85. The third-order valence-corrected chi connectivity index (χ3v) is 9.03. The predicted octanol–water partition coefficient (Wildman–Crippen LogP) is 14.7. The number of rotatable bonds is 37. The molecule has 0 aromatic carbocycles. The zero-order valence-electron chi connectivity index (χ0n) is 28.6. The highest BCUT2D eigenvalue weighted by atomic mass is 16.5. The fraction of sp³-hybridized carbons (Fsp3) is 1.00. The van der Waals surface area contributed by atoms with E-state index in [4.69, 9.17) is 4.74 Å². The molecule has 242 valence electrons. The lowest BCUT2D eigenvalue weighted by Gasteiger charge is -2.05. The summed E-state index contributed by atoms with van der Waals surface area (Å²) in [7, 11) is 0. The minimum Gasteiger partial charge on any atom is -0.381 e. The largest absolute Gasteiger partial charge is 0.381 e. The topological polar surface area (TPSA) is 9.23 Å². The van der Waals surface area contributed by atoms with Gasteiger partial charge in [0.25, 0.3) is 0 Å². The van der Waals surface area contributed by atoms with Gasteiger partial charge in [-0.1, -0.05) is 226 Å². The summed E-state index contributed by atoms with van der Waals surface area (Å²) in [6.07, 6.45) is 50.6. The molecule has 0 unspecified atom stereocenters. The lowest BCUT2D eigenvalue weighted by atomic mass is 10.0. The molecule has 0 aliphatic rings. The smallest absolute Gasteiger partial charge is 0.0466 e. The van der Waals surface area contributed by atoms with Gasteiger partial charge in [0.1, 0.15) is 0 Å². The molecule has 0 rings (SSSR count). The summed E-state index contributed by atoms with van der Waals surface area (Å²) in [5, 5.41) is 0. The van der Waals surface area contributed by atoms with Gasteiger partial charge in [-0.25, -0.2) is 0 Å². The Labute approximate surface area is 256 Å². The van der Waals surface area contributed by atoms with E-state index in [0.717, 1.165) is 13.2 Å². The molecular formula is C39H80O. The molecule has 0 amide bonds. The van der Waals surface area contributed by atoms with Gasteiger partial charge in [-0.2, -0.15) is 0 Å². The first-order valence-electron chi connectivity index (χ1n) is 19.5. The molecule has 0 saturated carbocycles. The standard InChI is InChI=1S/C39H80O/c1-3-5-7-9-11-13-14-15-16-17-18-19-20-21-22-23-24-25-26-27-28-29-31-33-35-37-39-40-38-36-34-32-30-12-10-8-6-4-2/h3-39H2,1-2H3. The zero-order chi connectivity index (χ0) is 28.9. The SMILES string of the molecule is CCCCCCCCCCCCCCCCCCCCCCCCCCCCOCCCCCCCCCCC. The number of ether oxygens (including phenoxy) is 1. The van der Waals surface area contributed by atoms with Crippen molar-refractivity contribution in [1.29, 1.82) is 0 Å². The van der Waals surface area contributed by atoms with Gasteiger partial charge in [-0.15, -0.1) is 0 Å². The maximum atomic E-state index is 5.85. The van der Waals surface area contributed by atoms with Crippen LogP contribution in [0, 0.1) is 0 Å². The lowest BCUT2D eigenvalue weighted by Crippen LogP contribution is -1.97. The third-order valence-electron chi connectivity index (χ3n) is 9.03. The summed E-state index contributed by atoms with van der Waals surface area (Å²) in [5.74, 6) is 0. The Bertz CT molecular complexity index is 368. The molecule has 0 aliphatic heterocycles.